The average molecular weight is 291 g/mol. The van der Waals surface area contributed by atoms with Gasteiger partial charge in [-0.2, -0.15) is 0 Å². The number of nitrogens with one attached hydrogen (secondary N) is 1. The van der Waals surface area contributed by atoms with Crippen molar-refractivity contribution in [3.8, 4) is 0 Å². The van der Waals surface area contributed by atoms with Gasteiger partial charge in [0.1, 0.15) is 0 Å². The maximum atomic E-state index is 12.6. The summed E-state index contributed by atoms with van der Waals surface area (Å²) in [6, 6.07) is 8.35. The van der Waals surface area contributed by atoms with Crippen LogP contribution in [0.2, 0.25) is 0 Å². The van der Waals surface area contributed by atoms with E-state index in [0.29, 0.717) is 10.9 Å². The van der Waals surface area contributed by atoms with Gasteiger partial charge in [-0.15, -0.1) is 0 Å². The SMILES string of the molecule is NC1CCCC1NS(=O)(=O)c1cccc2ncccc12. The van der Waals surface area contributed by atoms with E-state index in [1.54, 1.807) is 36.5 Å². The quantitative estimate of drug-likeness (QED) is 0.895. The average Bonchev–Trinajstić information content (AvgIpc) is 2.83. The summed E-state index contributed by atoms with van der Waals surface area (Å²) in [5.74, 6) is 0. The van der Waals surface area contributed by atoms with Crippen LogP contribution >= 0.6 is 0 Å². The van der Waals surface area contributed by atoms with Gasteiger partial charge in [0, 0.05) is 23.7 Å². The minimum Gasteiger partial charge on any atom is -0.326 e. The molecule has 0 radical (unpaired) electrons. The van der Waals surface area contributed by atoms with Gasteiger partial charge in [0.2, 0.25) is 10.0 Å². The predicted molar refractivity (Wildman–Crippen MR) is 77.7 cm³/mol. The van der Waals surface area contributed by atoms with E-state index in [9.17, 15) is 8.42 Å². The third-order valence-corrected chi connectivity index (χ3v) is 5.32. The smallest absolute Gasteiger partial charge is 0.241 e. The zero-order valence-corrected chi connectivity index (χ0v) is 11.8. The fourth-order valence-corrected chi connectivity index (χ4v) is 4.25. The van der Waals surface area contributed by atoms with E-state index < -0.39 is 10.0 Å². The Labute approximate surface area is 118 Å². The van der Waals surface area contributed by atoms with Gasteiger partial charge in [-0.3, -0.25) is 4.98 Å². The first kappa shape index (κ1) is 13.5. The number of hydrogen-bond acceptors (Lipinski definition) is 4. The Balaban J connectivity index is 2.01. The number of hydrogen-bond donors (Lipinski definition) is 2. The van der Waals surface area contributed by atoms with Crippen molar-refractivity contribution in [2.24, 2.45) is 5.73 Å². The van der Waals surface area contributed by atoms with Crippen molar-refractivity contribution in [3.63, 3.8) is 0 Å². The summed E-state index contributed by atoms with van der Waals surface area (Å²) >= 11 is 0. The normalized spacial score (nSPS) is 23.2. The van der Waals surface area contributed by atoms with Crippen molar-refractivity contribution < 1.29 is 8.42 Å². The molecule has 1 aliphatic rings. The number of nitrogens with two attached hydrogens (primary N) is 1. The van der Waals surface area contributed by atoms with E-state index in [2.05, 4.69) is 9.71 Å². The Hall–Kier alpha value is -1.50. The molecule has 0 aliphatic heterocycles. The number of rotatable bonds is 3. The molecule has 0 saturated heterocycles. The summed E-state index contributed by atoms with van der Waals surface area (Å²) in [6.45, 7) is 0. The number of nitrogens with zero attached hydrogens (tertiary/aromatic N) is 1. The van der Waals surface area contributed by atoms with Crippen LogP contribution in [0.1, 0.15) is 19.3 Å². The molecule has 106 valence electrons. The molecule has 1 heterocycles. The van der Waals surface area contributed by atoms with E-state index in [0.717, 1.165) is 19.3 Å². The van der Waals surface area contributed by atoms with Gasteiger partial charge in [-0.1, -0.05) is 12.5 Å². The molecule has 2 aromatic rings. The topological polar surface area (TPSA) is 85.1 Å². The van der Waals surface area contributed by atoms with Crippen LogP contribution in [-0.2, 0) is 10.0 Å². The molecular formula is C14H17N3O2S. The Bertz CT molecular complexity index is 725. The van der Waals surface area contributed by atoms with Crippen LogP contribution in [0, 0.1) is 0 Å². The van der Waals surface area contributed by atoms with Crippen LogP contribution < -0.4 is 10.5 Å². The molecule has 0 bridgehead atoms. The van der Waals surface area contributed by atoms with Crippen molar-refractivity contribution >= 4 is 20.9 Å². The molecule has 6 heteroatoms. The van der Waals surface area contributed by atoms with Gasteiger partial charge in [0.25, 0.3) is 0 Å². The molecule has 3 N–H and O–H groups in total. The van der Waals surface area contributed by atoms with Crippen LogP contribution in [0.4, 0.5) is 0 Å². The van der Waals surface area contributed by atoms with Crippen molar-refractivity contribution in [1.82, 2.24) is 9.71 Å². The maximum Gasteiger partial charge on any atom is 0.241 e. The first-order chi connectivity index (χ1) is 9.58. The Morgan fingerprint density at radius 2 is 2.05 bits per heavy atom. The number of benzene rings is 1. The second-order valence-corrected chi connectivity index (χ2v) is 6.83. The van der Waals surface area contributed by atoms with Crippen LogP contribution in [0.3, 0.4) is 0 Å². The zero-order valence-electron chi connectivity index (χ0n) is 11.0. The molecule has 1 aromatic carbocycles. The summed E-state index contributed by atoms with van der Waals surface area (Å²) in [7, 11) is -3.57. The molecule has 1 fully saturated rings. The number of sulfonamides is 1. The maximum absolute atomic E-state index is 12.6. The van der Waals surface area contributed by atoms with Crippen LogP contribution in [0.5, 0.6) is 0 Å². The van der Waals surface area contributed by atoms with Gasteiger partial charge in [-0.05, 0) is 37.1 Å². The van der Waals surface area contributed by atoms with Crippen molar-refractivity contribution in [1.29, 1.82) is 0 Å². The van der Waals surface area contributed by atoms with E-state index in [-0.39, 0.29) is 17.0 Å². The summed E-state index contributed by atoms with van der Waals surface area (Å²) in [4.78, 5) is 4.45. The third-order valence-electron chi connectivity index (χ3n) is 3.77. The predicted octanol–water partition coefficient (Wildman–Crippen LogP) is 1.39. The third kappa shape index (κ3) is 2.42. The molecule has 5 nitrogen and oxygen atoms in total. The molecule has 0 amide bonds. The van der Waals surface area contributed by atoms with Crippen molar-refractivity contribution in [2.75, 3.05) is 0 Å². The first-order valence-corrected chi connectivity index (χ1v) is 8.18. The van der Waals surface area contributed by atoms with Crippen LogP contribution in [-0.4, -0.2) is 25.5 Å². The second kappa shape index (κ2) is 5.12. The van der Waals surface area contributed by atoms with Crippen molar-refractivity contribution in [3.05, 3.63) is 36.5 Å². The molecular weight excluding hydrogens is 274 g/mol. The first-order valence-electron chi connectivity index (χ1n) is 6.69. The minimum atomic E-state index is -3.57. The summed E-state index contributed by atoms with van der Waals surface area (Å²) < 4.78 is 27.8. The molecule has 1 aromatic heterocycles. The van der Waals surface area contributed by atoms with Gasteiger partial charge in [0.15, 0.2) is 0 Å². The summed E-state index contributed by atoms with van der Waals surface area (Å²) in [6.07, 6.45) is 4.28. The lowest BCUT2D eigenvalue weighted by Crippen LogP contribution is -2.43. The standard InChI is InChI=1S/C14H17N3O2S/c15-11-5-1-7-13(11)17-20(18,19)14-8-2-6-12-10(14)4-3-9-16-12/h2-4,6,8-9,11,13,17H,1,5,7,15H2. The van der Waals surface area contributed by atoms with Crippen LogP contribution in [0.15, 0.2) is 41.4 Å². The lowest BCUT2D eigenvalue weighted by molar-refractivity contribution is 0.523. The Kier molecular flexibility index (Phi) is 3.45. The molecule has 1 aliphatic carbocycles. The van der Waals surface area contributed by atoms with Crippen molar-refractivity contribution in [2.45, 2.75) is 36.2 Å². The molecule has 20 heavy (non-hydrogen) atoms. The number of aromatic nitrogens is 1. The largest absolute Gasteiger partial charge is 0.326 e. The highest BCUT2D eigenvalue weighted by Gasteiger charge is 2.29. The Morgan fingerprint density at radius 1 is 1.20 bits per heavy atom. The van der Waals surface area contributed by atoms with E-state index in [1.165, 1.54) is 0 Å². The molecule has 3 rings (SSSR count). The fraction of sp³-hybridized carbons (Fsp3) is 0.357. The van der Waals surface area contributed by atoms with Gasteiger partial charge >= 0.3 is 0 Å². The lowest BCUT2D eigenvalue weighted by atomic mass is 10.2. The fourth-order valence-electron chi connectivity index (χ4n) is 2.71. The lowest BCUT2D eigenvalue weighted by Gasteiger charge is -2.18. The molecule has 0 spiro atoms. The van der Waals surface area contributed by atoms with Crippen LogP contribution in [0.25, 0.3) is 10.9 Å². The Morgan fingerprint density at radius 3 is 2.80 bits per heavy atom. The monoisotopic (exact) mass is 291 g/mol. The molecule has 2 atom stereocenters. The number of pyridine rings is 1. The number of fused-ring (bicyclic) bond motifs is 1. The van der Waals surface area contributed by atoms with Gasteiger partial charge in [-0.25, -0.2) is 13.1 Å². The summed E-state index contributed by atoms with van der Waals surface area (Å²) in [5.41, 5.74) is 6.61. The minimum absolute atomic E-state index is 0.0992. The van der Waals surface area contributed by atoms with Gasteiger partial charge < -0.3 is 5.73 Å². The highest BCUT2D eigenvalue weighted by atomic mass is 32.2. The molecule has 1 saturated carbocycles. The van der Waals surface area contributed by atoms with Gasteiger partial charge in [0.05, 0.1) is 10.4 Å². The van der Waals surface area contributed by atoms with E-state index >= 15 is 0 Å². The molecule has 2 unspecified atom stereocenters. The van der Waals surface area contributed by atoms with E-state index in [1.807, 2.05) is 0 Å². The zero-order chi connectivity index (χ0) is 14.2. The summed E-state index contributed by atoms with van der Waals surface area (Å²) in [5, 5.41) is 0.633. The second-order valence-electron chi connectivity index (χ2n) is 5.15. The highest BCUT2D eigenvalue weighted by molar-refractivity contribution is 7.89. The highest BCUT2D eigenvalue weighted by Crippen LogP contribution is 2.24. The van der Waals surface area contributed by atoms with E-state index in [4.69, 9.17) is 5.73 Å².